The maximum absolute atomic E-state index is 12.0. The molecule has 4 nitrogen and oxygen atoms in total. The van der Waals surface area contributed by atoms with Gasteiger partial charge in [-0.1, -0.05) is 6.92 Å². The summed E-state index contributed by atoms with van der Waals surface area (Å²) in [5.41, 5.74) is -0.608. The Hall–Kier alpha value is -1.55. The van der Waals surface area contributed by atoms with Gasteiger partial charge in [-0.05, 0) is 49.3 Å². The fourth-order valence-electron chi connectivity index (χ4n) is 3.28. The molecule has 4 rings (SSSR count). The van der Waals surface area contributed by atoms with E-state index in [0.29, 0.717) is 24.9 Å². The highest BCUT2D eigenvalue weighted by Crippen LogP contribution is 2.47. The Balaban J connectivity index is 1.33. The zero-order chi connectivity index (χ0) is 14.6. The molecule has 0 aromatic carbocycles. The molecule has 2 atom stereocenters. The monoisotopic (exact) mass is 287 g/mol. The second kappa shape index (κ2) is 4.47. The lowest BCUT2D eigenvalue weighted by Crippen LogP contribution is -2.64. The van der Waals surface area contributed by atoms with Crippen molar-refractivity contribution in [1.82, 2.24) is 4.90 Å². The predicted octanol–water partition coefficient (Wildman–Crippen LogP) is 2.40. The first-order valence-corrected chi connectivity index (χ1v) is 7.84. The highest BCUT2D eigenvalue weighted by Gasteiger charge is 2.52. The van der Waals surface area contributed by atoms with E-state index in [1.165, 1.54) is 6.42 Å². The van der Waals surface area contributed by atoms with Crippen LogP contribution in [0.1, 0.15) is 43.6 Å². The number of amides is 1. The van der Waals surface area contributed by atoms with Gasteiger partial charge in [0.15, 0.2) is 0 Å². The summed E-state index contributed by atoms with van der Waals surface area (Å²) in [5, 5.41) is 10.2. The van der Waals surface area contributed by atoms with Crippen molar-refractivity contribution in [2.75, 3.05) is 13.1 Å². The van der Waals surface area contributed by atoms with Crippen molar-refractivity contribution >= 4 is 12.0 Å². The summed E-state index contributed by atoms with van der Waals surface area (Å²) in [6, 6.07) is 3.93. The first-order chi connectivity index (χ1) is 10.0. The Morgan fingerprint density at radius 3 is 2.76 bits per heavy atom. The highest BCUT2D eigenvalue weighted by atomic mass is 16.3. The molecule has 2 heterocycles. The van der Waals surface area contributed by atoms with E-state index in [0.717, 1.165) is 30.3 Å². The van der Waals surface area contributed by atoms with Crippen LogP contribution in [-0.4, -0.2) is 34.6 Å². The first kappa shape index (κ1) is 13.1. The minimum atomic E-state index is -0.608. The summed E-state index contributed by atoms with van der Waals surface area (Å²) in [6.07, 6.45) is 6.67. The number of hydrogen-bond donors (Lipinski definition) is 1. The van der Waals surface area contributed by atoms with Gasteiger partial charge in [0.25, 0.3) is 0 Å². The molecular weight excluding hydrogens is 266 g/mol. The molecule has 0 spiro atoms. The Kier molecular flexibility index (Phi) is 2.80. The molecule has 2 saturated carbocycles. The Morgan fingerprint density at radius 1 is 1.43 bits per heavy atom. The molecule has 0 unspecified atom stereocenters. The van der Waals surface area contributed by atoms with E-state index in [2.05, 4.69) is 6.92 Å². The fraction of sp³-hybridized carbons (Fsp3) is 0.588. The summed E-state index contributed by atoms with van der Waals surface area (Å²) in [6.45, 7) is 3.17. The van der Waals surface area contributed by atoms with Crippen LogP contribution in [0.4, 0.5) is 0 Å². The van der Waals surface area contributed by atoms with Crippen LogP contribution < -0.4 is 0 Å². The van der Waals surface area contributed by atoms with Crippen LogP contribution in [0.5, 0.6) is 0 Å². The van der Waals surface area contributed by atoms with Crippen LogP contribution >= 0.6 is 0 Å². The third-order valence-electron chi connectivity index (χ3n) is 5.09. The van der Waals surface area contributed by atoms with Gasteiger partial charge >= 0.3 is 0 Å². The number of hydrogen-bond acceptors (Lipinski definition) is 3. The van der Waals surface area contributed by atoms with Crippen molar-refractivity contribution in [2.45, 2.75) is 37.7 Å². The number of likely N-dealkylation sites (tertiary alicyclic amines) is 1. The Morgan fingerprint density at radius 2 is 2.14 bits per heavy atom. The minimum absolute atomic E-state index is 0.0435. The molecule has 3 fully saturated rings. The van der Waals surface area contributed by atoms with E-state index in [4.69, 9.17) is 4.42 Å². The van der Waals surface area contributed by atoms with Crippen molar-refractivity contribution in [3.63, 3.8) is 0 Å². The summed E-state index contributed by atoms with van der Waals surface area (Å²) < 4.78 is 5.74. The molecule has 0 radical (unpaired) electrons. The molecule has 21 heavy (non-hydrogen) atoms. The summed E-state index contributed by atoms with van der Waals surface area (Å²) in [4.78, 5) is 13.7. The van der Waals surface area contributed by atoms with Crippen molar-refractivity contribution < 1.29 is 14.3 Å². The number of carbonyl (C=O) groups excluding carboxylic acids is 1. The SMILES string of the molecule is C[C@@H]1C[C@@H]1c1ccc(/C=C\C(=O)N2CC(O)(C3CC3)C2)o1. The van der Waals surface area contributed by atoms with Gasteiger partial charge in [0.05, 0.1) is 13.1 Å². The van der Waals surface area contributed by atoms with Gasteiger partial charge in [-0.3, -0.25) is 4.79 Å². The summed E-state index contributed by atoms with van der Waals surface area (Å²) in [7, 11) is 0. The molecule has 4 heteroatoms. The average molecular weight is 287 g/mol. The van der Waals surface area contributed by atoms with Crippen LogP contribution in [0, 0.1) is 11.8 Å². The van der Waals surface area contributed by atoms with Crippen LogP contribution in [0.3, 0.4) is 0 Å². The van der Waals surface area contributed by atoms with E-state index in [-0.39, 0.29) is 5.91 Å². The Bertz CT molecular complexity index is 593. The lowest BCUT2D eigenvalue weighted by atomic mass is 9.88. The average Bonchev–Trinajstić information content (AvgIpc) is 3.33. The number of furan rings is 1. The molecular formula is C17H21NO3. The fourth-order valence-corrected chi connectivity index (χ4v) is 3.28. The molecule has 0 bridgehead atoms. The van der Waals surface area contributed by atoms with E-state index < -0.39 is 5.60 Å². The maximum Gasteiger partial charge on any atom is 0.246 e. The number of rotatable bonds is 4. The van der Waals surface area contributed by atoms with Gasteiger partial charge in [-0.25, -0.2) is 0 Å². The molecule has 3 aliphatic rings. The van der Waals surface area contributed by atoms with E-state index in [9.17, 15) is 9.90 Å². The van der Waals surface area contributed by atoms with Crippen LogP contribution in [0.25, 0.3) is 6.08 Å². The van der Waals surface area contributed by atoms with Crippen LogP contribution in [-0.2, 0) is 4.79 Å². The maximum atomic E-state index is 12.0. The third kappa shape index (κ3) is 2.42. The first-order valence-electron chi connectivity index (χ1n) is 7.84. The second-order valence-electron chi connectivity index (χ2n) is 6.97. The van der Waals surface area contributed by atoms with E-state index in [1.807, 2.05) is 12.1 Å². The van der Waals surface area contributed by atoms with Crippen LogP contribution in [0.15, 0.2) is 22.6 Å². The van der Waals surface area contributed by atoms with Gasteiger partial charge in [0.1, 0.15) is 17.1 Å². The summed E-state index contributed by atoms with van der Waals surface area (Å²) in [5.74, 6) is 3.41. The molecule has 1 amide bonds. The largest absolute Gasteiger partial charge is 0.461 e. The van der Waals surface area contributed by atoms with E-state index in [1.54, 1.807) is 17.1 Å². The standard InChI is InChI=1S/C17H21NO3/c1-11-8-14(11)15-6-4-13(21-15)5-7-16(19)18-9-17(20,10-18)12-2-3-12/h4-7,11-12,14,20H,2-3,8-10H2,1H3/b7-5-/t11-,14+/m1/s1. The van der Waals surface area contributed by atoms with Crippen molar-refractivity contribution in [3.8, 4) is 0 Å². The van der Waals surface area contributed by atoms with Crippen molar-refractivity contribution in [2.24, 2.45) is 11.8 Å². The van der Waals surface area contributed by atoms with Gasteiger partial charge in [-0.2, -0.15) is 0 Å². The van der Waals surface area contributed by atoms with Gasteiger partial charge in [0, 0.05) is 12.0 Å². The Labute approximate surface area is 124 Å². The zero-order valence-corrected chi connectivity index (χ0v) is 12.3. The topological polar surface area (TPSA) is 53.7 Å². The number of nitrogens with zero attached hydrogens (tertiary/aromatic N) is 1. The van der Waals surface area contributed by atoms with Gasteiger partial charge < -0.3 is 14.4 Å². The minimum Gasteiger partial charge on any atom is -0.461 e. The lowest BCUT2D eigenvalue weighted by Gasteiger charge is -2.46. The van der Waals surface area contributed by atoms with Crippen molar-refractivity contribution in [1.29, 1.82) is 0 Å². The molecule has 1 aromatic rings. The highest BCUT2D eigenvalue weighted by molar-refractivity contribution is 5.92. The zero-order valence-electron chi connectivity index (χ0n) is 12.3. The normalized spacial score (nSPS) is 30.5. The molecule has 1 N–H and O–H groups in total. The molecule has 1 saturated heterocycles. The number of β-amino-alcohol motifs (C(OH)–C–C–N with tert-alkyl or cyclic N) is 1. The van der Waals surface area contributed by atoms with Gasteiger partial charge in [0.2, 0.25) is 5.91 Å². The molecule has 112 valence electrons. The van der Waals surface area contributed by atoms with Crippen molar-refractivity contribution in [3.05, 3.63) is 29.7 Å². The van der Waals surface area contributed by atoms with Crippen LogP contribution in [0.2, 0.25) is 0 Å². The number of carbonyl (C=O) groups is 1. The smallest absolute Gasteiger partial charge is 0.246 e. The quantitative estimate of drug-likeness (QED) is 0.865. The lowest BCUT2D eigenvalue weighted by molar-refractivity contribution is -0.154. The summed E-state index contributed by atoms with van der Waals surface area (Å²) >= 11 is 0. The number of aliphatic hydroxyl groups is 1. The molecule has 1 aliphatic heterocycles. The second-order valence-corrected chi connectivity index (χ2v) is 6.97. The third-order valence-corrected chi connectivity index (χ3v) is 5.09. The van der Waals surface area contributed by atoms with Gasteiger partial charge in [-0.15, -0.1) is 0 Å². The molecule has 2 aliphatic carbocycles. The molecule has 1 aromatic heterocycles. The predicted molar refractivity (Wildman–Crippen MR) is 78.5 cm³/mol. The van der Waals surface area contributed by atoms with E-state index >= 15 is 0 Å².